The molecule has 0 atom stereocenters. The number of hydrogen-bond acceptors (Lipinski definition) is 3. The number of aromatic nitrogens is 1. The molecule has 0 fully saturated rings. The quantitative estimate of drug-likeness (QED) is 0.878. The summed E-state index contributed by atoms with van der Waals surface area (Å²) in [5, 5.41) is 6.79. The fourth-order valence-electron chi connectivity index (χ4n) is 1.26. The Bertz CT molecular complexity index is 585. The number of rotatable bonds is 2. The van der Waals surface area contributed by atoms with Crippen molar-refractivity contribution in [3.05, 3.63) is 40.9 Å². The van der Waals surface area contributed by atoms with Crippen molar-refractivity contribution in [2.75, 3.05) is 10.6 Å². The largest absolute Gasteiger partial charge is 0.325 e. The van der Waals surface area contributed by atoms with Crippen molar-refractivity contribution < 1.29 is 13.6 Å². The maximum absolute atomic E-state index is 13.3. The topological polar surface area (TPSA) is 54.0 Å². The lowest BCUT2D eigenvalue weighted by molar-refractivity contribution is 0.262. The molecule has 2 aromatic rings. The minimum atomic E-state index is -0.707. The maximum atomic E-state index is 13.3. The van der Waals surface area contributed by atoms with Crippen LogP contribution in [-0.2, 0) is 0 Å². The van der Waals surface area contributed by atoms with Crippen molar-refractivity contribution >= 4 is 28.2 Å². The summed E-state index contributed by atoms with van der Waals surface area (Å²) >= 11 is 1.24. The van der Waals surface area contributed by atoms with E-state index in [0.29, 0.717) is 5.13 Å². The number of nitrogens with one attached hydrogen (secondary N) is 2. The average molecular weight is 269 g/mol. The lowest BCUT2D eigenvalue weighted by Crippen LogP contribution is -2.20. The summed E-state index contributed by atoms with van der Waals surface area (Å²) in [5.41, 5.74) is 0.549. The highest BCUT2D eigenvalue weighted by molar-refractivity contribution is 7.13. The molecule has 0 aliphatic carbocycles. The molecule has 18 heavy (non-hydrogen) atoms. The third-order valence-corrected chi connectivity index (χ3v) is 2.89. The zero-order valence-electron chi connectivity index (χ0n) is 9.33. The second-order valence-corrected chi connectivity index (χ2v) is 4.36. The summed E-state index contributed by atoms with van der Waals surface area (Å²) in [5.74, 6) is -1.33. The van der Waals surface area contributed by atoms with Crippen LogP contribution in [0, 0.1) is 18.6 Å². The van der Waals surface area contributed by atoms with E-state index in [1.807, 2.05) is 0 Å². The van der Waals surface area contributed by atoms with Crippen LogP contribution in [0.15, 0.2) is 23.6 Å². The number of amides is 2. The first-order chi connectivity index (χ1) is 8.54. The zero-order valence-corrected chi connectivity index (χ0v) is 10.1. The van der Waals surface area contributed by atoms with Crippen molar-refractivity contribution in [1.29, 1.82) is 0 Å². The molecule has 94 valence electrons. The Morgan fingerprint density at radius 1 is 1.33 bits per heavy atom. The number of thiazole rings is 1. The number of urea groups is 1. The monoisotopic (exact) mass is 269 g/mol. The van der Waals surface area contributed by atoms with E-state index in [4.69, 9.17) is 0 Å². The minimum absolute atomic E-state index is 0.222. The van der Waals surface area contributed by atoms with Crippen LogP contribution in [0.4, 0.5) is 24.4 Å². The van der Waals surface area contributed by atoms with Crippen LogP contribution in [0.3, 0.4) is 0 Å². The van der Waals surface area contributed by atoms with Crippen molar-refractivity contribution in [3.8, 4) is 0 Å². The molecule has 0 aliphatic heterocycles. The molecule has 0 radical (unpaired) electrons. The Kier molecular flexibility index (Phi) is 3.52. The van der Waals surface area contributed by atoms with Gasteiger partial charge >= 0.3 is 6.03 Å². The third kappa shape index (κ3) is 3.01. The third-order valence-electron chi connectivity index (χ3n) is 2.02. The van der Waals surface area contributed by atoms with Crippen LogP contribution < -0.4 is 10.6 Å². The van der Waals surface area contributed by atoms with Crippen LogP contribution >= 0.6 is 11.3 Å². The molecule has 1 aromatic carbocycles. The first-order valence-corrected chi connectivity index (χ1v) is 5.88. The number of aryl methyl sites for hydroxylation is 1. The summed E-state index contributed by atoms with van der Waals surface area (Å²) in [6, 6.07) is 2.15. The van der Waals surface area contributed by atoms with Crippen LogP contribution in [0.25, 0.3) is 0 Å². The van der Waals surface area contributed by atoms with Gasteiger partial charge in [0.1, 0.15) is 11.6 Å². The molecule has 0 aliphatic rings. The Balaban J connectivity index is 2.05. The summed E-state index contributed by atoms with van der Waals surface area (Å²) in [6.07, 6.45) is 0. The number of benzene rings is 1. The molecular weight excluding hydrogens is 260 g/mol. The van der Waals surface area contributed by atoms with Crippen LogP contribution in [-0.4, -0.2) is 11.0 Å². The van der Waals surface area contributed by atoms with E-state index >= 15 is 0 Å². The molecule has 0 saturated carbocycles. The van der Waals surface area contributed by atoms with Gasteiger partial charge < -0.3 is 5.32 Å². The van der Waals surface area contributed by atoms with Crippen LogP contribution in [0.1, 0.15) is 5.69 Å². The van der Waals surface area contributed by atoms with E-state index in [2.05, 4.69) is 15.6 Å². The van der Waals surface area contributed by atoms with E-state index in [0.717, 1.165) is 23.9 Å². The number of halogens is 2. The van der Waals surface area contributed by atoms with Crippen LogP contribution in [0.2, 0.25) is 0 Å². The Hall–Kier alpha value is -2.02. The number of hydrogen-bond donors (Lipinski definition) is 2. The molecule has 2 N–H and O–H groups in total. The van der Waals surface area contributed by atoms with Crippen molar-refractivity contribution in [2.45, 2.75) is 6.92 Å². The van der Waals surface area contributed by atoms with Crippen molar-refractivity contribution in [2.24, 2.45) is 0 Å². The Labute approximate surface area is 106 Å². The highest BCUT2D eigenvalue weighted by atomic mass is 32.1. The molecule has 4 nitrogen and oxygen atoms in total. The molecule has 0 bridgehead atoms. The predicted octanol–water partition coefficient (Wildman–Crippen LogP) is 3.37. The first-order valence-electron chi connectivity index (χ1n) is 5.00. The van der Waals surface area contributed by atoms with Gasteiger partial charge in [-0.25, -0.2) is 18.6 Å². The van der Waals surface area contributed by atoms with Gasteiger partial charge in [0, 0.05) is 11.4 Å². The standard InChI is InChI=1S/C11H9F2N3OS/c1-6-5-18-11(14-6)16-10(17)15-9-4-7(12)2-3-8(9)13/h2-5H,1H3,(H2,14,15,16,17). The number of nitrogens with zero attached hydrogens (tertiary/aromatic N) is 1. The van der Waals surface area contributed by atoms with Gasteiger partial charge in [-0.1, -0.05) is 0 Å². The Morgan fingerprint density at radius 2 is 2.11 bits per heavy atom. The minimum Gasteiger partial charge on any atom is -0.305 e. The van der Waals surface area contributed by atoms with Gasteiger partial charge in [-0.2, -0.15) is 0 Å². The number of carbonyl (C=O) groups is 1. The number of anilines is 2. The second kappa shape index (κ2) is 5.09. The van der Waals surface area contributed by atoms with Gasteiger partial charge in [-0.05, 0) is 19.1 Å². The molecule has 0 saturated heterocycles. The van der Waals surface area contributed by atoms with Gasteiger partial charge in [0.25, 0.3) is 0 Å². The fourth-order valence-corrected chi connectivity index (χ4v) is 1.94. The van der Waals surface area contributed by atoms with E-state index < -0.39 is 17.7 Å². The van der Waals surface area contributed by atoms with Crippen LogP contribution in [0.5, 0.6) is 0 Å². The Morgan fingerprint density at radius 3 is 2.78 bits per heavy atom. The maximum Gasteiger partial charge on any atom is 0.325 e. The number of carbonyl (C=O) groups excluding carboxylic acids is 1. The molecule has 0 spiro atoms. The van der Waals surface area contributed by atoms with Gasteiger partial charge in [-0.3, -0.25) is 5.32 Å². The summed E-state index contributed by atoms with van der Waals surface area (Å²) < 4.78 is 26.1. The van der Waals surface area contributed by atoms with E-state index in [1.54, 1.807) is 12.3 Å². The molecule has 2 amide bonds. The SMILES string of the molecule is Cc1csc(NC(=O)Nc2cc(F)ccc2F)n1. The van der Waals surface area contributed by atoms with Crippen molar-refractivity contribution in [1.82, 2.24) is 4.98 Å². The van der Waals surface area contributed by atoms with E-state index in [1.165, 1.54) is 11.3 Å². The molecule has 1 heterocycles. The van der Waals surface area contributed by atoms with Gasteiger partial charge in [0.05, 0.1) is 11.4 Å². The molecule has 0 unspecified atom stereocenters. The van der Waals surface area contributed by atoms with Gasteiger partial charge in [0.2, 0.25) is 0 Å². The summed E-state index contributed by atoms with van der Waals surface area (Å²) in [6.45, 7) is 1.78. The average Bonchev–Trinajstić information content (AvgIpc) is 2.69. The summed E-state index contributed by atoms with van der Waals surface area (Å²) in [7, 11) is 0. The molecule has 1 aromatic heterocycles. The normalized spacial score (nSPS) is 10.2. The van der Waals surface area contributed by atoms with E-state index in [9.17, 15) is 13.6 Å². The summed E-state index contributed by atoms with van der Waals surface area (Å²) in [4.78, 5) is 15.5. The molecule has 2 rings (SSSR count). The first kappa shape index (κ1) is 12.4. The highest BCUT2D eigenvalue weighted by Gasteiger charge is 2.09. The van der Waals surface area contributed by atoms with Gasteiger partial charge in [-0.15, -0.1) is 11.3 Å². The lowest BCUT2D eigenvalue weighted by atomic mass is 10.3. The zero-order chi connectivity index (χ0) is 13.1. The lowest BCUT2D eigenvalue weighted by Gasteiger charge is -2.06. The smallest absolute Gasteiger partial charge is 0.305 e. The molecule has 7 heteroatoms. The second-order valence-electron chi connectivity index (χ2n) is 3.50. The highest BCUT2D eigenvalue weighted by Crippen LogP contribution is 2.17. The van der Waals surface area contributed by atoms with Gasteiger partial charge in [0.15, 0.2) is 5.13 Å². The fraction of sp³-hybridized carbons (Fsp3) is 0.0909. The van der Waals surface area contributed by atoms with E-state index in [-0.39, 0.29) is 5.69 Å². The molecular formula is C11H9F2N3OS. The predicted molar refractivity (Wildman–Crippen MR) is 65.9 cm³/mol. The van der Waals surface area contributed by atoms with Crippen molar-refractivity contribution in [3.63, 3.8) is 0 Å².